The van der Waals surface area contributed by atoms with Gasteiger partial charge in [-0.1, -0.05) is 20.8 Å². The number of aryl methyl sites for hydroxylation is 1. The molecule has 6 heteroatoms. The zero-order valence-corrected chi connectivity index (χ0v) is 10.1. The lowest BCUT2D eigenvalue weighted by molar-refractivity contribution is 0.339. The number of hydrogen-bond donors (Lipinski definition) is 1. The zero-order chi connectivity index (χ0) is 11.7. The van der Waals surface area contributed by atoms with Crippen LogP contribution in [-0.4, -0.2) is 18.2 Å². The van der Waals surface area contributed by atoms with Gasteiger partial charge in [0.2, 0.25) is 0 Å². The molecule has 0 atom stereocenters. The molecule has 2 N–H and O–H groups in total. The Balaban J connectivity index is 2.70. The van der Waals surface area contributed by atoms with Crippen molar-refractivity contribution in [1.29, 1.82) is 0 Å². The molecule has 0 aliphatic rings. The Hall–Kier alpha value is -0.880. The lowest BCUT2D eigenvalue weighted by Gasteiger charge is -2.17. The number of aromatic nitrogens is 2. The molecule has 1 rings (SSSR count). The van der Waals surface area contributed by atoms with E-state index in [2.05, 4.69) is 25.9 Å². The Morgan fingerprint density at radius 1 is 1.47 bits per heavy atom. The Kier molecular flexibility index (Phi) is 3.20. The largest absolute Gasteiger partial charge is 0.271 e. The third-order valence-electron chi connectivity index (χ3n) is 2.00. The standard InChI is InChI=1S/C9H17N3O2S/c1-9(2,3)5-7-12-6-4-8(11-12)15(10,13)14/h4,6H,5,7H2,1-3H3,(H2,10,13,14). The summed E-state index contributed by atoms with van der Waals surface area (Å²) in [6, 6.07) is 1.41. The Labute approximate surface area is 90.3 Å². The first-order valence-electron chi connectivity index (χ1n) is 4.75. The second-order valence-electron chi connectivity index (χ2n) is 4.77. The minimum atomic E-state index is -3.67. The van der Waals surface area contributed by atoms with Gasteiger partial charge in [-0.2, -0.15) is 5.10 Å². The maximum atomic E-state index is 10.9. The van der Waals surface area contributed by atoms with E-state index < -0.39 is 10.0 Å². The lowest BCUT2D eigenvalue weighted by atomic mass is 9.92. The quantitative estimate of drug-likeness (QED) is 0.841. The van der Waals surface area contributed by atoms with Crippen LogP contribution in [0.4, 0.5) is 0 Å². The third-order valence-corrected chi connectivity index (χ3v) is 2.80. The summed E-state index contributed by atoms with van der Waals surface area (Å²) >= 11 is 0. The number of hydrogen-bond acceptors (Lipinski definition) is 3. The molecule has 0 aromatic carbocycles. The molecule has 0 unspecified atom stereocenters. The average Bonchev–Trinajstić information content (AvgIpc) is 2.45. The van der Waals surface area contributed by atoms with Crippen molar-refractivity contribution in [1.82, 2.24) is 9.78 Å². The molecule has 0 aliphatic carbocycles. The fraction of sp³-hybridized carbons (Fsp3) is 0.667. The summed E-state index contributed by atoms with van der Waals surface area (Å²) in [4.78, 5) is 0. The van der Waals surface area contributed by atoms with Crippen LogP contribution < -0.4 is 5.14 Å². The van der Waals surface area contributed by atoms with Crippen molar-refractivity contribution in [2.75, 3.05) is 0 Å². The minimum Gasteiger partial charge on any atom is -0.271 e. The first-order chi connectivity index (χ1) is 6.68. The second-order valence-corrected chi connectivity index (χ2v) is 6.28. The van der Waals surface area contributed by atoms with E-state index in [1.165, 1.54) is 6.07 Å². The fourth-order valence-corrected chi connectivity index (χ4v) is 1.54. The summed E-state index contributed by atoms with van der Waals surface area (Å²) in [6.45, 7) is 7.06. The summed E-state index contributed by atoms with van der Waals surface area (Å²) in [5, 5.41) is 8.76. The van der Waals surface area contributed by atoms with Gasteiger partial charge in [0, 0.05) is 12.7 Å². The Morgan fingerprint density at radius 2 is 2.07 bits per heavy atom. The Bertz CT molecular complexity index is 428. The molecule has 0 fully saturated rings. The SMILES string of the molecule is CC(C)(C)CCn1ccc(S(N)(=O)=O)n1. The van der Waals surface area contributed by atoms with E-state index >= 15 is 0 Å². The van der Waals surface area contributed by atoms with Crippen LogP contribution in [0, 0.1) is 5.41 Å². The van der Waals surface area contributed by atoms with Crippen LogP contribution in [0.5, 0.6) is 0 Å². The van der Waals surface area contributed by atoms with Crippen molar-refractivity contribution < 1.29 is 8.42 Å². The van der Waals surface area contributed by atoms with Gasteiger partial charge in [0.05, 0.1) is 0 Å². The average molecular weight is 231 g/mol. The highest BCUT2D eigenvalue weighted by molar-refractivity contribution is 7.89. The number of rotatable bonds is 3. The monoisotopic (exact) mass is 231 g/mol. The third kappa shape index (κ3) is 4.01. The van der Waals surface area contributed by atoms with Crippen molar-refractivity contribution in [3.05, 3.63) is 12.3 Å². The highest BCUT2D eigenvalue weighted by Gasteiger charge is 2.13. The summed E-state index contributed by atoms with van der Waals surface area (Å²) in [5.74, 6) is 0. The number of sulfonamides is 1. The molecule has 0 saturated heterocycles. The molecule has 0 aliphatic heterocycles. The molecule has 0 bridgehead atoms. The summed E-state index contributed by atoms with van der Waals surface area (Å²) < 4.78 is 23.5. The van der Waals surface area contributed by atoms with Gasteiger partial charge in [0.1, 0.15) is 0 Å². The maximum Gasteiger partial charge on any atom is 0.257 e. The van der Waals surface area contributed by atoms with Crippen molar-refractivity contribution in [3.63, 3.8) is 0 Å². The molecule has 1 aromatic heterocycles. The number of primary sulfonamides is 1. The molecule has 15 heavy (non-hydrogen) atoms. The van der Waals surface area contributed by atoms with Gasteiger partial charge in [-0.05, 0) is 17.9 Å². The molecule has 1 heterocycles. The predicted octanol–water partition coefficient (Wildman–Crippen LogP) is 0.967. The molecule has 1 aromatic rings. The molecule has 0 saturated carbocycles. The van der Waals surface area contributed by atoms with E-state index in [0.717, 1.165) is 6.42 Å². The molecule has 5 nitrogen and oxygen atoms in total. The van der Waals surface area contributed by atoms with E-state index in [1.807, 2.05) is 0 Å². The van der Waals surface area contributed by atoms with Crippen LogP contribution in [0.2, 0.25) is 0 Å². The van der Waals surface area contributed by atoms with E-state index in [9.17, 15) is 8.42 Å². The van der Waals surface area contributed by atoms with Crippen molar-refractivity contribution in [2.24, 2.45) is 10.6 Å². The number of nitrogens with two attached hydrogens (primary N) is 1. The van der Waals surface area contributed by atoms with Crippen LogP contribution in [0.15, 0.2) is 17.3 Å². The van der Waals surface area contributed by atoms with Gasteiger partial charge >= 0.3 is 0 Å². The summed E-state index contributed by atoms with van der Waals surface area (Å²) in [6.07, 6.45) is 2.56. The predicted molar refractivity (Wildman–Crippen MR) is 57.7 cm³/mol. The minimum absolute atomic E-state index is 0.0728. The summed E-state index contributed by atoms with van der Waals surface area (Å²) in [7, 11) is -3.67. The first-order valence-corrected chi connectivity index (χ1v) is 6.29. The van der Waals surface area contributed by atoms with Gasteiger partial charge in [-0.15, -0.1) is 0 Å². The zero-order valence-electron chi connectivity index (χ0n) is 9.27. The van der Waals surface area contributed by atoms with Gasteiger partial charge in [-0.25, -0.2) is 13.6 Å². The van der Waals surface area contributed by atoms with Crippen LogP contribution in [-0.2, 0) is 16.6 Å². The van der Waals surface area contributed by atoms with Gasteiger partial charge < -0.3 is 0 Å². The highest BCUT2D eigenvalue weighted by atomic mass is 32.2. The van der Waals surface area contributed by atoms with Crippen LogP contribution in [0.1, 0.15) is 27.2 Å². The van der Waals surface area contributed by atoms with E-state index in [4.69, 9.17) is 5.14 Å². The van der Waals surface area contributed by atoms with Gasteiger partial charge in [0.15, 0.2) is 5.03 Å². The molecular formula is C9H17N3O2S. The Morgan fingerprint density at radius 3 is 2.47 bits per heavy atom. The van der Waals surface area contributed by atoms with Crippen LogP contribution in [0.25, 0.3) is 0 Å². The van der Waals surface area contributed by atoms with Crippen LogP contribution in [0.3, 0.4) is 0 Å². The highest BCUT2D eigenvalue weighted by Crippen LogP contribution is 2.19. The molecule has 0 amide bonds. The first kappa shape index (κ1) is 12.2. The smallest absolute Gasteiger partial charge is 0.257 e. The molecular weight excluding hydrogens is 214 g/mol. The van der Waals surface area contributed by atoms with Gasteiger partial charge in [0.25, 0.3) is 10.0 Å². The lowest BCUT2D eigenvalue weighted by Crippen LogP contribution is -2.14. The van der Waals surface area contributed by atoms with Crippen LogP contribution >= 0.6 is 0 Å². The second kappa shape index (κ2) is 3.94. The normalized spacial score (nSPS) is 13.1. The number of nitrogens with zero attached hydrogens (tertiary/aromatic N) is 2. The molecule has 0 spiro atoms. The van der Waals surface area contributed by atoms with E-state index in [0.29, 0.717) is 6.54 Å². The molecule has 0 radical (unpaired) electrons. The summed E-state index contributed by atoms with van der Waals surface area (Å²) in [5.41, 5.74) is 0.202. The van der Waals surface area contributed by atoms with Crippen molar-refractivity contribution in [2.45, 2.75) is 38.8 Å². The van der Waals surface area contributed by atoms with Crippen molar-refractivity contribution >= 4 is 10.0 Å². The molecule has 86 valence electrons. The van der Waals surface area contributed by atoms with Crippen molar-refractivity contribution in [3.8, 4) is 0 Å². The maximum absolute atomic E-state index is 10.9. The topological polar surface area (TPSA) is 78.0 Å². The van der Waals surface area contributed by atoms with Gasteiger partial charge in [-0.3, -0.25) is 4.68 Å². The fourth-order valence-electron chi connectivity index (χ4n) is 1.07. The van der Waals surface area contributed by atoms with E-state index in [1.54, 1.807) is 10.9 Å². The van der Waals surface area contributed by atoms with E-state index in [-0.39, 0.29) is 10.4 Å².